The minimum absolute atomic E-state index is 0.143. The number of fused-ring (bicyclic) bond motifs is 1. The summed E-state index contributed by atoms with van der Waals surface area (Å²) in [7, 11) is 3.66. The van der Waals surface area contributed by atoms with E-state index in [4.69, 9.17) is 9.72 Å². The van der Waals surface area contributed by atoms with Crippen molar-refractivity contribution in [1.82, 2.24) is 9.55 Å². The summed E-state index contributed by atoms with van der Waals surface area (Å²) < 4.78 is 7.27. The number of benzene rings is 2. The number of ether oxygens (including phenoxy) is 1. The molecule has 0 saturated heterocycles. The smallest absolute Gasteiger partial charge is 0.255 e. The molecular formula is C19H19N3O2. The van der Waals surface area contributed by atoms with Gasteiger partial charge in [-0.25, -0.2) is 4.98 Å². The van der Waals surface area contributed by atoms with Crippen LogP contribution >= 0.6 is 0 Å². The van der Waals surface area contributed by atoms with Crippen LogP contribution in [0.1, 0.15) is 34.9 Å². The summed E-state index contributed by atoms with van der Waals surface area (Å²) in [6.45, 7) is 0. The van der Waals surface area contributed by atoms with E-state index in [1.807, 2.05) is 18.2 Å². The average Bonchev–Trinajstić information content (AvgIpc) is 3.39. The zero-order valence-corrected chi connectivity index (χ0v) is 13.7. The predicted molar refractivity (Wildman–Crippen MR) is 93.6 cm³/mol. The molecule has 3 aromatic rings. The van der Waals surface area contributed by atoms with E-state index in [1.165, 1.54) is 12.8 Å². The van der Waals surface area contributed by atoms with Crippen LogP contribution in [0, 0.1) is 0 Å². The summed E-state index contributed by atoms with van der Waals surface area (Å²) in [4.78, 5) is 17.1. The Bertz CT molecular complexity index is 908. The number of nitrogens with one attached hydrogen (secondary N) is 1. The minimum Gasteiger partial charge on any atom is -0.497 e. The maximum absolute atomic E-state index is 12.4. The fourth-order valence-electron chi connectivity index (χ4n) is 2.95. The highest BCUT2D eigenvalue weighted by molar-refractivity contribution is 6.05. The molecule has 1 amide bonds. The zero-order valence-electron chi connectivity index (χ0n) is 13.7. The number of aromatic nitrogens is 2. The van der Waals surface area contributed by atoms with Gasteiger partial charge in [0.25, 0.3) is 5.91 Å². The quantitative estimate of drug-likeness (QED) is 0.797. The van der Waals surface area contributed by atoms with Crippen molar-refractivity contribution in [3.8, 4) is 5.75 Å². The van der Waals surface area contributed by atoms with Gasteiger partial charge in [-0.05, 0) is 55.3 Å². The first-order valence-corrected chi connectivity index (χ1v) is 8.07. The summed E-state index contributed by atoms with van der Waals surface area (Å²) in [6.07, 6.45) is 2.44. The van der Waals surface area contributed by atoms with E-state index >= 15 is 0 Å². The van der Waals surface area contributed by atoms with Crippen molar-refractivity contribution in [2.45, 2.75) is 18.8 Å². The third kappa shape index (κ3) is 2.62. The molecule has 1 aromatic heterocycles. The van der Waals surface area contributed by atoms with Gasteiger partial charge in [0.05, 0.1) is 18.1 Å². The van der Waals surface area contributed by atoms with Crippen molar-refractivity contribution < 1.29 is 9.53 Å². The number of anilines is 1. The third-order valence-electron chi connectivity index (χ3n) is 4.47. The molecule has 0 aliphatic heterocycles. The molecule has 1 heterocycles. The van der Waals surface area contributed by atoms with Crippen LogP contribution in [0.25, 0.3) is 11.0 Å². The Morgan fingerprint density at radius 3 is 2.62 bits per heavy atom. The van der Waals surface area contributed by atoms with Crippen LogP contribution < -0.4 is 10.1 Å². The number of nitrogens with zero attached hydrogens (tertiary/aromatic N) is 2. The van der Waals surface area contributed by atoms with Gasteiger partial charge in [0.2, 0.25) is 0 Å². The number of carbonyl (C=O) groups is 1. The van der Waals surface area contributed by atoms with Gasteiger partial charge in [-0.15, -0.1) is 0 Å². The Kier molecular flexibility index (Phi) is 3.49. The van der Waals surface area contributed by atoms with Gasteiger partial charge < -0.3 is 14.6 Å². The van der Waals surface area contributed by atoms with Crippen LogP contribution in [-0.2, 0) is 7.05 Å². The van der Waals surface area contributed by atoms with E-state index < -0.39 is 0 Å². The van der Waals surface area contributed by atoms with Crippen molar-refractivity contribution in [3.63, 3.8) is 0 Å². The highest BCUT2D eigenvalue weighted by Gasteiger charge is 2.28. The number of imidazole rings is 1. The van der Waals surface area contributed by atoms with E-state index in [1.54, 1.807) is 31.4 Å². The molecule has 24 heavy (non-hydrogen) atoms. The molecule has 1 aliphatic carbocycles. The number of hydrogen-bond donors (Lipinski definition) is 1. The molecule has 1 aliphatic rings. The highest BCUT2D eigenvalue weighted by atomic mass is 16.5. The summed E-state index contributed by atoms with van der Waals surface area (Å²) in [6, 6.07) is 12.9. The average molecular weight is 321 g/mol. The minimum atomic E-state index is -0.143. The van der Waals surface area contributed by atoms with Gasteiger partial charge in [0.1, 0.15) is 11.6 Å². The van der Waals surface area contributed by atoms with Crippen LogP contribution in [-0.4, -0.2) is 22.6 Å². The van der Waals surface area contributed by atoms with Gasteiger partial charge in [-0.2, -0.15) is 0 Å². The van der Waals surface area contributed by atoms with E-state index in [-0.39, 0.29) is 5.91 Å². The molecule has 1 fully saturated rings. The maximum Gasteiger partial charge on any atom is 0.255 e. The number of carbonyl (C=O) groups excluding carboxylic acids is 1. The SMILES string of the molecule is COc1ccc(C(=O)Nc2ccc3c(c2)nc(C2CC2)n3C)cc1. The third-order valence-corrected chi connectivity index (χ3v) is 4.47. The molecule has 5 nitrogen and oxygen atoms in total. The largest absolute Gasteiger partial charge is 0.497 e. The molecule has 5 heteroatoms. The Morgan fingerprint density at radius 1 is 1.21 bits per heavy atom. The number of methoxy groups -OCH3 is 1. The molecule has 0 atom stereocenters. The zero-order chi connectivity index (χ0) is 16.7. The van der Waals surface area contributed by atoms with E-state index in [2.05, 4.69) is 16.9 Å². The molecular weight excluding hydrogens is 302 g/mol. The van der Waals surface area contributed by atoms with Crippen LogP contribution in [0.15, 0.2) is 42.5 Å². The Balaban J connectivity index is 1.58. The predicted octanol–water partition coefficient (Wildman–Crippen LogP) is 3.71. The lowest BCUT2D eigenvalue weighted by Crippen LogP contribution is -2.11. The molecule has 0 radical (unpaired) electrons. The Labute approximate surface area is 140 Å². The lowest BCUT2D eigenvalue weighted by atomic mass is 10.2. The summed E-state index contributed by atoms with van der Waals surface area (Å²) in [5.41, 5.74) is 3.37. The fraction of sp³-hybridized carbons (Fsp3) is 0.263. The number of aryl methyl sites for hydroxylation is 1. The van der Waals surface area contributed by atoms with Crippen molar-refractivity contribution in [2.24, 2.45) is 7.05 Å². The maximum atomic E-state index is 12.4. The van der Waals surface area contributed by atoms with Crippen LogP contribution in [0.5, 0.6) is 5.75 Å². The lowest BCUT2D eigenvalue weighted by molar-refractivity contribution is 0.102. The topological polar surface area (TPSA) is 56.1 Å². The van der Waals surface area contributed by atoms with Gasteiger partial charge in [-0.1, -0.05) is 0 Å². The fourth-order valence-corrected chi connectivity index (χ4v) is 2.95. The van der Waals surface area contributed by atoms with Gasteiger partial charge in [0, 0.05) is 24.2 Å². The van der Waals surface area contributed by atoms with Gasteiger partial charge >= 0.3 is 0 Å². The van der Waals surface area contributed by atoms with Crippen LogP contribution in [0.4, 0.5) is 5.69 Å². The molecule has 0 unspecified atom stereocenters. The Hall–Kier alpha value is -2.82. The molecule has 0 spiro atoms. The van der Waals surface area contributed by atoms with E-state index in [9.17, 15) is 4.79 Å². The molecule has 1 saturated carbocycles. The summed E-state index contributed by atoms with van der Waals surface area (Å²) in [5.74, 6) is 2.33. The van der Waals surface area contributed by atoms with Crippen molar-refractivity contribution in [3.05, 3.63) is 53.9 Å². The second kappa shape index (κ2) is 5.67. The van der Waals surface area contributed by atoms with Crippen LogP contribution in [0.2, 0.25) is 0 Å². The van der Waals surface area contributed by atoms with Gasteiger partial charge in [-0.3, -0.25) is 4.79 Å². The second-order valence-electron chi connectivity index (χ2n) is 6.19. The molecule has 122 valence electrons. The van der Waals surface area contributed by atoms with Gasteiger partial charge in [0.15, 0.2) is 0 Å². The Morgan fingerprint density at radius 2 is 1.96 bits per heavy atom. The van der Waals surface area contributed by atoms with Crippen molar-refractivity contribution >= 4 is 22.6 Å². The van der Waals surface area contributed by atoms with E-state index in [0.717, 1.165) is 28.3 Å². The normalized spacial score (nSPS) is 13.9. The molecule has 0 bridgehead atoms. The second-order valence-corrected chi connectivity index (χ2v) is 6.19. The summed E-state index contributed by atoms with van der Waals surface area (Å²) in [5, 5.41) is 2.93. The highest BCUT2D eigenvalue weighted by Crippen LogP contribution is 2.40. The molecule has 4 rings (SSSR count). The number of rotatable bonds is 4. The first kappa shape index (κ1) is 14.8. The first-order valence-electron chi connectivity index (χ1n) is 8.07. The number of hydrogen-bond acceptors (Lipinski definition) is 3. The van der Waals surface area contributed by atoms with Crippen LogP contribution in [0.3, 0.4) is 0 Å². The standard InChI is InChI=1S/C19H19N3O2/c1-22-17-10-7-14(11-16(17)21-18(22)12-3-4-12)20-19(23)13-5-8-15(24-2)9-6-13/h5-12H,3-4H2,1-2H3,(H,20,23). The summed E-state index contributed by atoms with van der Waals surface area (Å²) >= 11 is 0. The first-order chi connectivity index (χ1) is 11.7. The lowest BCUT2D eigenvalue weighted by Gasteiger charge is -2.06. The monoisotopic (exact) mass is 321 g/mol. The number of amides is 1. The van der Waals surface area contributed by atoms with Crippen molar-refractivity contribution in [1.29, 1.82) is 0 Å². The van der Waals surface area contributed by atoms with Crippen molar-refractivity contribution in [2.75, 3.05) is 12.4 Å². The molecule has 2 aromatic carbocycles. The molecule has 1 N–H and O–H groups in total. The van der Waals surface area contributed by atoms with E-state index in [0.29, 0.717) is 11.5 Å².